The Balaban J connectivity index is 0. The summed E-state index contributed by atoms with van der Waals surface area (Å²) in [6.07, 6.45) is 4.57. The van der Waals surface area contributed by atoms with Gasteiger partial charge in [-0.15, -0.1) is 11.6 Å². The van der Waals surface area contributed by atoms with Crippen LogP contribution in [0, 0.1) is 0 Å². The molecule has 3 unspecified atom stereocenters. The van der Waals surface area contributed by atoms with Crippen LogP contribution in [0.5, 0.6) is 0 Å². The maximum atomic E-state index is 11.5. The number of benzene rings is 2. The number of nitrogens with zero attached hydrogens (tertiary/aromatic N) is 3. The Hall–Kier alpha value is -2.02. The molecule has 2 aromatic carbocycles. The molecule has 44 heavy (non-hydrogen) atoms. The Kier molecular flexibility index (Phi) is 17.1. The van der Waals surface area contributed by atoms with Gasteiger partial charge in [-0.05, 0) is 48.5 Å². The van der Waals surface area contributed by atoms with Crippen LogP contribution >= 0.6 is 23.2 Å². The fraction of sp³-hybridized carbons (Fsp3) is 0.190. The van der Waals surface area contributed by atoms with E-state index in [9.17, 15) is 34.4 Å². The number of halogens is 2. The first-order chi connectivity index (χ1) is 18.6. The van der Waals surface area contributed by atoms with Crippen LogP contribution in [-0.4, -0.2) is 75.1 Å². The molecule has 23 heteroatoms. The van der Waals surface area contributed by atoms with Crippen LogP contribution in [0.15, 0.2) is 83.1 Å². The van der Waals surface area contributed by atoms with Crippen molar-refractivity contribution in [1.82, 2.24) is 15.0 Å². The van der Waals surface area contributed by atoms with Gasteiger partial charge < -0.3 is 32.7 Å². The van der Waals surface area contributed by atoms with Crippen molar-refractivity contribution in [3.63, 3.8) is 0 Å². The first-order valence-corrected chi connectivity index (χ1v) is 15.9. The molecule has 0 fully saturated rings. The summed E-state index contributed by atoms with van der Waals surface area (Å²) in [6.45, 7) is 0. The van der Waals surface area contributed by atoms with Crippen molar-refractivity contribution in [2.75, 3.05) is 11.5 Å². The van der Waals surface area contributed by atoms with Gasteiger partial charge in [0.2, 0.25) is 0 Å². The minimum atomic E-state index is -4.47. The van der Waals surface area contributed by atoms with E-state index in [4.69, 9.17) is 45.0 Å². The summed E-state index contributed by atoms with van der Waals surface area (Å²) in [5.41, 5.74) is 17.2. The molecule has 240 valence electrons. The van der Waals surface area contributed by atoms with E-state index in [2.05, 4.69) is 15.0 Å². The molecule has 4 rings (SSSR count). The molecule has 12 N–H and O–H groups in total. The number of hydrogen-bond acceptors (Lipinski definition) is 13. The van der Waals surface area contributed by atoms with E-state index in [-0.39, 0.29) is 62.5 Å². The van der Waals surface area contributed by atoms with Crippen LogP contribution in [-0.2, 0) is 35.2 Å². The normalized spacial score (nSPS) is 20.9. The Morgan fingerprint density at radius 2 is 1.23 bits per heavy atom. The van der Waals surface area contributed by atoms with E-state index in [1.165, 1.54) is 54.6 Å². The quantitative estimate of drug-likeness (QED) is 0.0434. The number of aromatic nitrogens is 3. The molecule has 3 aromatic rings. The number of rotatable bonds is 4. The van der Waals surface area contributed by atoms with Crippen LogP contribution in [0.3, 0.4) is 0 Å². The third kappa shape index (κ3) is 13.1. The molecule has 1 aromatic heterocycles. The fourth-order valence-corrected chi connectivity index (χ4v) is 6.19. The van der Waals surface area contributed by atoms with Gasteiger partial charge in [-0.3, -0.25) is 9.11 Å². The van der Waals surface area contributed by atoms with Gasteiger partial charge in [0, 0.05) is 17.8 Å². The van der Waals surface area contributed by atoms with E-state index in [0.29, 0.717) is 11.4 Å². The molecule has 0 saturated carbocycles. The van der Waals surface area contributed by atoms with Crippen molar-refractivity contribution in [2.24, 2.45) is 5.73 Å². The molecule has 1 aliphatic carbocycles. The molecule has 0 radical (unpaired) electrons. The molecule has 1 aliphatic rings. The van der Waals surface area contributed by atoms with E-state index in [0.717, 1.165) is 18.7 Å². The summed E-state index contributed by atoms with van der Waals surface area (Å²) >= 11 is 12.3. The molecule has 3 atom stereocenters. The van der Waals surface area contributed by atoms with Crippen molar-refractivity contribution < 1.29 is 79.4 Å². The van der Waals surface area contributed by atoms with Crippen LogP contribution in [0.4, 0.5) is 11.4 Å². The van der Waals surface area contributed by atoms with Crippen LogP contribution in [0.2, 0.25) is 0 Å². The predicted octanol–water partition coefficient (Wildman–Crippen LogP) is -3.54. The zero-order valence-electron chi connectivity index (χ0n) is 22.5. The van der Waals surface area contributed by atoms with E-state index >= 15 is 0 Å². The van der Waals surface area contributed by atoms with Crippen molar-refractivity contribution >= 4 is 64.9 Å². The smallest absolute Gasteiger partial charge is 0.744 e. The second-order valence-electron chi connectivity index (χ2n) is 8.29. The van der Waals surface area contributed by atoms with Gasteiger partial charge in [-0.25, -0.2) is 23.4 Å². The third-order valence-electron chi connectivity index (χ3n) is 5.06. The van der Waals surface area contributed by atoms with Gasteiger partial charge >= 0.3 is 29.6 Å². The number of nitrogens with two attached hydrogens (primary N) is 3. The van der Waals surface area contributed by atoms with Gasteiger partial charge in [-0.2, -0.15) is 16.8 Å². The molecule has 0 spiro atoms. The summed E-state index contributed by atoms with van der Waals surface area (Å²) in [5, 5.41) is -1.44. The maximum Gasteiger partial charge on any atom is 1.00 e. The van der Waals surface area contributed by atoms with Gasteiger partial charge in [0.1, 0.15) is 37.9 Å². The van der Waals surface area contributed by atoms with Gasteiger partial charge in [0.15, 0.2) is 5.82 Å². The average molecular weight is 730 g/mol. The van der Waals surface area contributed by atoms with Crippen LogP contribution in [0.25, 0.3) is 0 Å². The molecular weight excluding hydrogens is 702 g/mol. The van der Waals surface area contributed by atoms with Crippen molar-refractivity contribution in [3.05, 3.63) is 79.2 Å². The molecule has 0 bridgehead atoms. The number of hydrogen-bond donors (Lipinski definition) is 5. The zero-order chi connectivity index (χ0) is 31.3. The summed E-state index contributed by atoms with van der Waals surface area (Å²) in [7, 11) is -12.9. The summed E-state index contributed by atoms with van der Waals surface area (Å²) < 4.78 is 92.7. The average Bonchev–Trinajstić information content (AvgIpc) is 2.83. The fourth-order valence-electron chi connectivity index (χ4n) is 3.22. The Morgan fingerprint density at radius 1 is 0.818 bits per heavy atom. The Morgan fingerprint density at radius 3 is 1.59 bits per heavy atom. The van der Waals surface area contributed by atoms with Crippen LogP contribution in [0.1, 0.15) is 12.2 Å². The van der Waals surface area contributed by atoms with Gasteiger partial charge in [-0.1, -0.05) is 23.8 Å². The molecule has 0 amide bonds. The predicted molar refractivity (Wildman–Crippen MR) is 156 cm³/mol. The second-order valence-corrected chi connectivity index (χ2v) is 14.0. The second kappa shape index (κ2) is 17.1. The Bertz CT molecular complexity index is 1630. The van der Waals surface area contributed by atoms with E-state index < -0.39 is 45.5 Å². The number of alkyl halides is 2. The van der Waals surface area contributed by atoms with Crippen molar-refractivity contribution in [1.29, 1.82) is 0 Å². The van der Waals surface area contributed by atoms with Gasteiger partial charge in [0.25, 0.3) is 20.2 Å². The van der Waals surface area contributed by atoms with E-state index in [1.54, 1.807) is 0 Å². The molecule has 1 heterocycles. The standard InChI is InChI=1S/C9H10Cl2N4O3S.2C6H7NO3S.Na.2H2O/c10-8(12)2-1-6(19(16,17)18)9(11,3-8)7-14-4-13-5-15-7;2*7-5-1-3-6(4-2-5)11(8,9)10;;;/h1-2,4-6H,3,12H2,(H,16,17,18);2*1-4H,7H2,(H,8,9,10);;2*1H2/q;;;+1;;/p-1. The minimum absolute atomic E-state index is 0. The first kappa shape index (κ1) is 44.1. The minimum Gasteiger partial charge on any atom is -0.744 e. The van der Waals surface area contributed by atoms with Crippen molar-refractivity contribution in [3.8, 4) is 0 Å². The maximum absolute atomic E-state index is 11.5. The Labute approximate surface area is 285 Å². The molecule has 17 nitrogen and oxygen atoms in total. The third-order valence-corrected chi connectivity index (χ3v) is 8.91. The van der Waals surface area contributed by atoms with Crippen molar-refractivity contribution in [2.45, 2.75) is 31.3 Å². The molecular formula is C21H27Cl2N6NaO11S3. The topological polar surface area (TPSA) is 346 Å². The summed E-state index contributed by atoms with van der Waals surface area (Å²) in [5.74, 6) is -0.0217. The largest absolute Gasteiger partial charge is 1.00 e. The summed E-state index contributed by atoms with van der Waals surface area (Å²) in [4.78, 5) is 7.85. The first-order valence-electron chi connectivity index (χ1n) is 10.7. The number of anilines is 2. The SMILES string of the molecule is NC1(Cl)C=CC(S(=O)(=O)O)C(Cl)(c2ncncn2)C1.Nc1ccc(S(=O)(=O)O)cc1.Nc1ccc(S(=O)(=O)[O-])cc1.O.O.[Na+]. The van der Waals surface area contributed by atoms with Gasteiger partial charge in [0.05, 0.1) is 9.79 Å². The molecule has 0 saturated heterocycles. The molecule has 0 aliphatic heterocycles. The summed E-state index contributed by atoms with van der Waals surface area (Å²) in [6, 6.07) is 10.4. The number of nitrogen functional groups attached to an aromatic ring is 2. The van der Waals surface area contributed by atoms with Crippen LogP contribution < -0.4 is 46.8 Å². The van der Waals surface area contributed by atoms with E-state index in [1.807, 2.05) is 0 Å². The zero-order valence-corrected chi connectivity index (χ0v) is 28.5. The monoisotopic (exact) mass is 728 g/mol.